The molecular formula is C22H21N3OS2. The summed E-state index contributed by atoms with van der Waals surface area (Å²) >= 11 is 3.41. The summed E-state index contributed by atoms with van der Waals surface area (Å²) in [6.45, 7) is 2.63. The number of thioether (sulfide) groups is 1. The molecule has 1 amide bonds. The number of carbonyl (C=O) groups is 1. The number of aryl methyl sites for hydroxylation is 1. The van der Waals surface area contributed by atoms with Gasteiger partial charge in [-0.05, 0) is 49.2 Å². The average Bonchev–Trinajstić information content (AvgIpc) is 3.33. The summed E-state index contributed by atoms with van der Waals surface area (Å²) in [6, 6.07) is 16.0. The fourth-order valence-corrected chi connectivity index (χ4v) is 4.59. The van der Waals surface area contributed by atoms with Crippen LogP contribution in [0.15, 0.2) is 65.0 Å². The molecule has 6 heteroatoms. The molecule has 0 saturated carbocycles. The Hall–Kier alpha value is -2.57. The minimum atomic E-state index is -0.0356. The predicted octanol–water partition coefficient (Wildman–Crippen LogP) is 5.20. The maximum absolute atomic E-state index is 12.4. The molecule has 2 aromatic heterocycles. The molecule has 0 bridgehead atoms. The van der Waals surface area contributed by atoms with Crippen molar-refractivity contribution in [2.75, 3.05) is 6.54 Å². The van der Waals surface area contributed by atoms with Crippen LogP contribution < -0.4 is 5.32 Å². The van der Waals surface area contributed by atoms with Crippen LogP contribution in [0.2, 0.25) is 0 Å². The number of hydrogen-bond acceptors (Lipinski definition) is 4. The van der Waals surface area contributed by atoms with Gasteiger partial charge in [0.15, 0.2) is 0 Å². The van der Waals surface area contributed by atoms with Crippen LogP contribution in [0.25, 0.3) is 10.9 Å². The molecule has 4 rings (SSSR count). The van der Waals surface area contributed by atoms with Gasteiger partial charge in [-0.15, -0.1) is 23.1 Å². The minimum Gasteiger partial charge on any atom is -0.361 e. The Kier molecular flexibility index (Phi) is 5.78. The highest BCUT2D eigenvalue weighted by Gasteiger charge is 2.07. The first-order valence-corrected chi connectivity index (χ1v) is 11.0. The van der Waals surface area contributed by atoms with Gasteiger partial charge in [0.05, 0.1) is 10.7 Å². The summed E-state index contributed by atoms with van der Waals surface area (Å²) in [5.74, 6) is 0.812. The van der Waals surface area contributed by atoms with E-state index in [1.165, 1.54) is 10.9 Å². The molecule has 2 aromatic carbocycles. The first-order chi connectivity index (χ1) is 13.7. The Labute approximate surface area is 172 Å². The number of nitrogens with zero attached hydrogens (tertiary/aromatic N) is 1. The minimum absolute atomic E-state index is 0.0356. The van der Waals surface area contributed by atoms with E-state index in [2.05, 4.69) is 32.8 Å². The van der Waals surface area contributed by atoms with E-state index in [0.717, 1.165) is 33.3 Å². The van der Waals surface area contributed by atoms with Crippen LogP contribution in [0.3, 0.4) is 0 Å². The quantitative estimate of drug-likeness (QED) is 0.414. The number of H-pyrrole nitrogens is 1. The van der Waals surface area contributed by atoms with Gasteiger partial charge in [-0.1, -0.05) is 18.2 Å². The highest BCUT2D eigenvalue weighted by Crippen LogP contribution is 2.24. The Morgan fingerprint density at radius 3 is 2.79 bits per heavy atom. The van der Waals surface area contributed by atoms with Gasteiger partial charge in [-0.2, -0.15) is 0 Å². The van der Waals surface area contributed by atoms with Crippen LogP contribution in [0.1, 0.15) is 26.6 Å². The summed E-state index contributed by atoms with van der Waals surface area (Å²) in [4.78, 5) is 21.3. The number of nitrogens with one attached hydrogen (secondary N) is 2. The lowest BCUT2D eigenvalue weighted by Gasteiger charge is -2.06. The second-order valence-corrected chi connectivity index (χ2v) is 8.65. The number of rotatable bonds is 7. The maximum atomic E-state index is 12.4. The van der Waals surface area contributed by atoms with Crippen molar-refractivity contribution in [2.45, 2.75) is 24.0 Å². The third-order valence-corrected chi connectivity index (χ3v) is 6.39. The Morgan fingerprint density at radius 2 is 2.00 bits per heavy atom. The molecule has 4 aromatic rings. The van der Waals surface area contributed by atoms with Crippen molar-refractivity contribution in [3.8, 4) is 0 Å². The Balaban J connectivity index is 1.28. The monoisotopic (exact) mass is 407 g/mol. The van der Waals surface area contributed by atoms with E-state index in [0.29, 0.717) is 12.1 Å². The number of aromatic amines is 1. The zero-order valence-electron chi connectivity index (χ0n) is 15.6. The molecule has 0 unspecified atom stereocenters. The van der Waals surface area contributed by atoms with E-state index < -0.39 is 0 Å². The molecule has 28 heavy (non-hydrogen) atoms. The van der Waals surface area contributed by atoms with Crippen molar-refractivity contribution < 1.29 is 4.79 Å². The molecule has 0 spiro atoms. The first kappa shape index (κ1) is 18.8. The molecule has 0 saturated heterocycles. The number of aromatic nitrogens is 2. The van der Waals surface area contributed by atoms with Gasteiger partial charge in [0.2, 0.25) is 0 Å². The van der Waals surface area contributed by atoms with Gasteiger partial charge >= 0.3 is 0 Å². The molecule has 2 N–H and O–H groups in total. The first-order valence-electron chi connectivity index (χ1n) is 9.16. The molecule has 0 aliphatic heterocycles. The van der Waals surface area contributed by atoms with Crippen molar-refractivity contribution in [1.82, 2.24) is 15.3 Å². The molecule has 0 fully saturated rings. The summed E-state index contributed by atoms with van der Waals surface area (Å²) in [7, 11) is 0. The van der Waals surface area contributed by atoms with Gasteiger partial charge in [-0.25, -0.2) is 4.98 Å². The van der Waals surface area contributed by atoms with E-state index >= 15 is 0 Å². The number of carbonyl (C=O) groups excluding carboxylic acids is 1. The average molecular weight is 408 g/mol. The molecule has 4 nitrogen and oxygen atoms in total. The van der Waals surface area contributed by atoms with E-state index in [1.807, 2.05) is 49.5 Å². The third kappa shape index (κ3) is 4.46. The number of benzene rings is 2. The largest absolute Gasteiger partial charge is 0.361 e. The standard InChI is InChI=1S/C22H21N3OS2/c1-15-25-18(13-27-15)14-28-19-8-6-16(7-9-19)22(26)23-11-10-17-12-24-21-5-3-2-4-20(17)21/h2-9,12-13,24H,10-11,14H2,1H3,(H,23,26). The third-order valence-electron chi connectivity index (χ3n) is 4.52. The van der Waals surface area contributed by atoms with Crippen LogP contribution in [-0.2, 0) is 12.2 Å². The number of para-hydroxylation sites is 1. The van der Waals surface area contributed by atoms with Gasteiger partial charge < -0.3 is 10.3 Å². The van der Waals surface area contributed by atoms with Crippen molar-refractivity contribution in [3.63, 3.8) is 0 Å². The smallest absolute Gasteiger partial charge is 0.251 e. The number of hydrogen-bond donors (Lipinski definition) is 2. The van der Waals surface area contributed by atoms with Crippen LogP contribution in [-0.4, -0.2) is 22.4 Å². The molecule has 0 aliphatic rings. The highest BCUT2D eigenvalue weighted by atomic mass is 32.2. The molecule has 0 radical (unpaired) electrons. The maximum Gasteiger partial charge on any atom is 0.251 e. The second-order valence-electron chi connectivity index (χ2n) is 6.54. The lowest BCUT2D eigenvalue weighted by molar-refractivity contribution is 0.0954. The van der Waals surface area contributed by atoms with Gasteiger partial charge in [0, 0.05) is 45.2 Å². The molecule has 2 heterocycles. The molecule has 0 atom stereocenters. The zero-order chi connectivity index (χ0) is 19.3. The predicted molar refractivity (Wildman–Crippen MR) is 117 cm³/mol. The summed E-state index contributed by atoms with van der Waals surface area (Å²) in [5, 5.41) is 7.42. The normalized spacial score (nSPS) is 11.0. The van der Waals surface area contributed by atoms with Crippen LogP contribution in [0.5, 0.6) is 0 Å². The van der Waals surface area contributed by atoms with Gasteiger partial charge in [0.25, 0.3) is 5.91 Å². The second kappa shape index (κ2) is 8.63. The topological polar surface area (TPSA) is 57.8 Å². The molecular weight excluding hydrogens is 386 g/mol. The van der Waals surface area contributed by atoms with E-state index in [4.69, 9.17) is 0 Å². The van der Waals surface area contributed by atoms with Crippen LogP contribution in [0, 0.1) is 6.92 Å². The summed E-state index contributed by atoms with van der Waals surface area (Å²) in [5.41, 5.74) is 4.14. The van der Waals surface area contributed by atoms with Crippen molar-refractivity contribution in [3.05, 3.63) is 81.9 Å². The molecule has 0 aliphatic carbocycles. The number of fused-ring (bicyclic) bond motifs is 1. The highest BCUT2D eigenvalue weighted by molar-refractivity contribution is 7.98. The number of amides is 1. The SMILES string of the molecule is Cc1nc(CSc2ccc(C(=O)NCCc3c[nH]c4ccccc34)cc2)cs1. The van der Waals surface area contributed by atoms with Crippen LogP contribution >= 0.6 is 23.1 Å². The van der Waals surface area contributed by atoms with Gasteiger partial charge in [0.1, 0.15) is 0 Å². The fourth-order valence-electron chi connectivity index (χ4n) is 3.09. The summed E-state index contributed by atoms with van der Waals surface area (Å²) < 4.78 is 0. The fraction of sp³-hybridized carbons (Fsp3) is 0.182. The van der Waals surface area contributed by atoms with E-state index in [9.17, 15) is 4.79 Å². The molecule has 142 valence electrons. The van der Waals surface area contributed by atoms with Crippen molar-refractivity contribution in [2.24, 2.45) is 0 Å². The Morgan fingerprint density at radius 1 is 1.18 bits per heavy atom. The summed E-state index contributed by atoms with van der Waals surface area (Å²) in [6.07, 6.45) is 2.82. The lowest BCUT2D eigenvalue weighted by atomic mass is 10.1. The zero-order valence-corrected chi connectivity index (χ0v) is 17.2. The van der Waals surface area contributed by atoms with E-state index in [1.54, 1.807) is 23.1 Å². The van der Waals surface area contributed by atoms with Crippen LogP contribution in [0.4, 0.5) is 0 Å². The lowest BCUT2D eigenvalue weighted by Crippen LogP contribution is -2.25. The number of thiazole rings is 1. The Bertz CT molecular complexity index is 1080. The van der Waals surface area contributed by atoms with Crippen molar-refractivity contribution >= 4 is 39.9 Å². The van der Waals surface area contributed by atoms with Gasteiger partial charge in [-0.3, -0.25) is 4.79 Å². The van der Waals surface area contributed by atoms with Crippen molar-refractivity contribution in [1.29, 1.82) is 0 Å². The van der Waals surface area contributed by atoms with E-state index in [-0.39, 0.29) is 5.91 Å².